The van der Waals surface area contributed by atoms with Gasteiger partial charge >= 0.3 is 0 Å². The fourth-order valence-corrected chi connectivity index (χ4v) is 2.73. The van der Waals surface area contributed by atoms with Crippen molar-refractivity contribution in [3.8, 4) is 0 Å². The molecule has 0 N–H and O–H groups in total. The van der Waals surface area contributed by atoms with E-state index in [4.69, 9.17) is 0 Å². The normalized spacial score (nSPS) is 11.6. The summed E-state index contributed by atoms with van der Waals surface area (Å²) in [7, 11) is 0.978. The van der Waals surface area contributed by atoms with Crippen molar-refractivity contribution < 1.29 is 0 Å². The van der Waals surface area contributed by atoms with E-state index in [2.05, 4.69) is 51.1 Å². The lowest BCUT2D eigenvalue weighted by atomic mass is 9.94. The molecule has 0 spiro atoms. The Morgan fingerprint density at radius 1 is 1.07 bits per heavy atom. The first-order chi connectivity index (χ1) is 6.08. The van der Waals surface area contributed by atoms with E-state index in [0.29, 0.717) is 5.41 Å². The third-order valence-electron chi connectivity index (χ3n) is 1.98. The summed E-state index contributed by atoms with van der Waals surface area (Å²) in [5.74, 6) is 0. The van der Waals surface area contributed by atoms with Crippen molar-refractivity contribution in [2.75, 3.05) is 6.16 Å². The van der Waals surface area contributed by atoms with Gasteiger partial charge in [0.2, 0.25) is 0 Å². The van der Waals surface area contributed by atoms with Gasteiger partial charge in [-0.15, -0.1) is 24.0 Å². The quantitative estimate of drug-likeness (QED) is 0.582. The molecule has 0 heterocycles. The van der Waals surface area contributed by atoms with E-state index < -0.39 is 0 Å². The average molecular weight is 322 g/mol. The van der Waals surface area contributed by atoms with Crippen LogP contribution in [-0.2, 0) is 0 Å². The Morgan fingerprint density at radius 3 is 2.14 bits per heavy atom. The van der Waals surface area contributed by atoms with Gasteiger partial charge in [0.05, 0.1) is 0 Å². The summed E-state index contributed by atoms with van der Waals surface area (Å²) in [5, 5.41) is 1.49. The van der Waals surface area contributed by atoms with Gasteiger partial charge in [0.1, 0.15) is 0 Å². The zero-order valence-corrected chi connectivity index (χ0v) is 12.5. The molecule has 0 aliphatic carbocycles. The standard InChI is InChI=1S/C12H19P.HI/c1-12(2,3)9-10-13-11-7-5-4-6-8-11;/h4-8,13H,9-10H2,1-3H3;1H. The maximum Gasteiger partial charge on any atom is -0.0271 e. The van der Waals surface area contributed by atoms with E-state index in [1.165, 1.54) is 17.9 Å². The average Bonchev–Trinajstić information content (AvgIpc) is 2.04. The van der Waals surface area contributed by atoms with Crippen molar-refractivity contribution in [3.05, 3.63) is 30.3 Å². The third kappa shape index (κ3) is 6.78. The number of hydrogen-bond donors (Lipinski definition) is 0. The van der Waals surface area contributed by atoms with Gasteiger partial charge < -0.3 is 0 Å². The molecule has 80 valence electrons. The summed E-state index contributed by atoms with van der Waals surface area (Å²) < 4.78 is 0. The molecule has 0 aromatic heterocycles. The second-order valence-electron chi connectivity index (χ2n) is 4.60. The fraction of sp³-hybridized carbons (Fsp3) is 0.500. The van der Waals surface area contributed by atoms with Gasteiger partial charge in [0.15, 0.2) is 0 Å². The SMILES string of the molecule is CC(C)(C)CCPc1ccccc1.I. The molecule has 1 aromatic carbocycles. The van der Waals surface area contributed by atoms with Crippen LogP contribution < -0.4 is 5.30 Å². The molecule has 1 rings (SSSR count). The Labute approximate surface area is 107 Å². The van der Waals surface area contributed by atoms with Crippen LogP contribution in [0.3, 0.4) is 0 Å². The van der Waals surface area contributed by atoms with Gasteiger partial charge in [-0.3, -0.25) is 0 Å². The first-order valence-corrected chi connectivity index (χ1v) is 6.07. The largest absolute Gasteiger partial charge is 0.107 e. The van der Waals surface area contributed by atoms with Crippen LogP contribution in [-0.4, -0.2) is 6.16 Å². The Bertz CT molecular complexity index is 238. The van der Waals surface area contributed by atoms with Gasteiger partial charge in [-0.1, -0.05) is 59.7 Å². The van der Waals surface area contributed by atoms with E-state index in [9.17, 15) is 0 Å². The predicted octanol–water partition coefficient (Wildman–Crippen LogP) is 4.04. The van der Waals surface area contributed by atoms with E-state index in [1.807, 2.05) is 0 Å². The molecular formula is C12H20IP. The van der Waals surface area contributed by atoms with Crippen LogP contribution in [0.15, 0.2) is 30.3 Å². The topological polar surface area (TPSA) is 0 Å². The van der Waals surface area contributed by atoms with Crippen LogP contribution in [0.2, 0.25) is 0 Å². The molecule has 1 aromatic rings. The number of benzene rings is 1. The third-order valence-corrected chi connectivity index (χ3v) is 3.22. The molecule has 2 heteroatoms. The lowest BCUT2D eigenvalue weighted by Gasteiger charge is -2.17. The Morgan fingerprint density at radius 2 is 1.64 bits per heavy atom. The van der Waals surface area contributed by atoms with Crippen LogP contribution in [0.4, 0.5) is 0 Å². The zero-order chi connectivity index (χ0) is 9.73. The van der Waals surface area contributed by atoms with Crippen molar-refractivity contribution in [3.63, 3.8) is 0 Å². The minimum absolute atomic E-state index is 0. The van der Waals surface area contributed by atoms with Gasteiger partial charge in [0.25, 0.3) is 0 Å². The molecule has 0 amide bonds. The fourth-order valence-electron chi connectivity index (χ4n) is 1.14. The molecule has 0 nitrogen and oxygen atoms in total. The molecule has 0 fully saturated rings. The van der Waals surface area contributed by atoms with Crippen molar-refractivity contribution in [2.24, 2.45) is 5.41 Å². The van der Waals surface area contributed by atoms with Crippen molar-refractivity contribution >= 4 is 37.9 Å². The number of hydrogen-bond acceptors (Lipinski definition) is 0. The van der Waals surface area contributed by atoms with Gasteiger partial charge in [-0.2, -0.15) is 0 Å². The highest BCUT2D eigenvalue weighted by molar-refractivity contribution is 14.0. The molecule has 0 saturated carbocycles. The van der Waals surface area contributed by atoms with E-state index in [-0.39, 0.29) is 24.0 Å². The Balaban J connectivity index is 0.00000169. The van der Waals surface area contributed by atoms with Crippen molar-refractivity contribution in [2.45, 2.75) is 27.2 Å². The van der Waals surface area contributed by atoms with Crippen LogP contribution in [0, 0.1) is 5.41 Å². The Hall–Kier alpha value is 0.380. The van der Waals surface area contributed by atoms with Crippen LogP contribution in [0.25, 0.3) is 0 Å². The van der Waals surface area contributed by atoms with E-state index in [1.54, 1.807) is 0 Å². The van der Waals surface area contributed by atoms with E-state index in [0.717, 1.165) is 8.58 Å². The molecule has 0 aliphatic rings. The van der Waals surface area contributed by atoms with E-state index >= 15 is 0 Å². The summed E-state index contributed by atoms with van der Waals surface area (Å²) >= 11 is 0. The van der Waals surface area contributed by atoms with Gasteiger partial charge in [0, 0.05) is 0 Å². The highest BCUT2D eigenvalue weighted by atomic mass is 127. The second kappa shape index (κ2) is 6.79. The Kier molecular flexibility index (Phi) is 6.97. The maximum absolute atomic E-state index is 2.31. The molecule has 1 unspecified atom stereocenters. The van der Waals surface area contributed by atoms with Crippen molar-refractivity contribution in [1.29, 1.82) is 0 Å². The lowest BCUT2D eigenvalue weighted by Crippen LogP contribution is -2.06. The smallest absolute Gasteiger partial charge is 0.0271 e. The summed E-state index contributed by atoms with van der Waals surface area (Å²) in [6, 6.07) is 10.8. The lowest BCUT2D eigenvalue weighted by molar-refractivity contribution is 0.401. The molecule has 1 atom stereocenters. The predicted molar refractivity (Wildman–Crippen MR) is 78.7 cm³/mol. The molecule has 0 radical (unpaired) electrons. The van der Waals surface area contributed by atoms with Crippen molar-refractivity contribution in [1.82, 2.24) is 0 Å². The minimum atomic E-state index is 0. The van der Waals surface area contributed by atoms with Crippen LogP contribution in [0.5, 0.6) is 0 Å². The maximum atomic E-state index is 2.31. The summed E-state index contributed by atoms with van der Waals surface area (Å²) in [6.45, 7) is 6.92. The minimum Gasteiger partial charge on any atom is -0.107 e. The van der Waals surface area contributed by atoms with Gasteiger partial charge in [-0.05, 0) is 23.3 Å². The molecule has 0 saturated heterocycles. The first kappa shape index (κ1) is 14.4. The second-order valence-corrected chi connectivity index (χ2v) is 6.03. The zero-order valence-electron chi connectivity index (χ0n) is 9.21. The highest BCUT2D eigenvalue weighted by Crippen LogP contribution is 2.23. The van der Waals surface area contributed by atoms with Crippen LogP contribution >= 0.6 is 32.6 Å². The van der Waals surface area contributed by atoms with Gasteiger partial charge in [-0.25, -0.2) is 0 Å². The molecule has 14 heavy (non-hydrogen) atoms. The highest BCUT2D eigenvalue weighted by Gasteiger charge is 2.08. The summed E-state index contributed by atoms with van der Waals surface area (Å²) in [5.41, 5.74) is 0.488. The molecular weight excluding hydrogens is 302 g/mol. The summed E-state index contributed by atoms with van der Waals surface area (Å²) in [6.07, 6.45) is 2.65. The molecule has 0 bridgehead atoms. The first-order valence-electron chi connectivity index (χ1n) is 4.87. The number of rotatable bonds is 3. The molecule has 0 aliphatic heterocycles. The monoisotopic (exact) mass is 322 g/mol. The van der Waals surface area contributed by atoms with Crippen LogP contribution in [0.1, 0.15) is 27.2 Å². The number of halogens is 1. The summed E-state index contributed by atoms with van der Waals surface area (Å²) in [4.78, 5) is 0.